The number of β-lactam (4-membered cyclic amide) rings is 1. The van der Waals surface area contributed by atoms with Crippen molar-refractivity contribution < 1.29 is 29.0 Å². The maximum Gasteiger partial charge on any atom is 0.355 e. The number of thioether (sulfide) groups is 1. The van der Waals surface area contributed by atoms with Crippen molar-refractivity contribution in [2.75, 3.05) is 19.0 Å². The first-order valence-corrected chi connectivity index (χ1v) is 10.2. The number of amides is 2. The standard InChI is InChI=1S/C20H24N2O6S/c1-20(2,3)28-19(26)16-12(9-23)11-29-18-15(17(25)22(16)18)21-14(24)10-27-13-7-5-4-6-8-13/h4-8,15,18,23H,9-11H2,1-3H3,(H,21,24)/t15-,18+/m0/s1. The van der Waals surface area contributed by atoms with E-state index in [1.54, 1.807) is 45.0 Å². The van der Waals surface area contributed by atoms with E-state index in [-0.39, 0.29) is 18.9 Å². The molecule has 0 saturated carbocycles. The fraction of sp³-hybridized carbons (Fsp3) is 0.450. The number of rotatable bonds is 6. The molecule has 2 N–H and O–H groups in total. The Hall–Kier alpha value is -2.52. The minimum atomic E-state index is -0.760. The second-order valence-corrected chi connectivity index (χ2v) is 8.77. The molecule has 0 spiro atoms. The van der Waals surface area contributed by atoms with Crippen molar-refractivity contribution in [3.05, 3.63) is 41.6 Å². The van der Waals surface area contributed by atoms with Gasteiger partial charge in [0.2, 0.25) is 0 Å². The summed E-state index contributed by atoms with van der Waals surface area (Å²) in [6, 6.07) is 8.13. The van der Waals surface area contributed by atoms with Gasteiger partial charge in [-0.15, -0.1) is 11.8 Å². The largest absolute Gasteiger partial charge is 0.484 e. The predicted molar refractivity (Wildman–Crippen MR) is 107 cm³/mol. The van der Waals surface area contributed by atoms with Crippen molar-refractivity contribution in [3.8, 4) is 5.75 Å². The van der Waals surface area contributed by atoms with Crippen molar-refractivity contribution in [2.45, 2.75) is 37.8 Å². The second kappa shape index (κ2) is 8.46. The molecule has 1 aromatic rings. The van der Waals surface area contributed by atoms with Gasteiger partial charge in [0.05, 0.1) is 6.61 Å². The second-order valence-electron chi connectivity index (χ2n) is 7.67. The molecule has 0 bridgehead atoms. The molecule has 2 heterocycles. The molecule has 2 aliphatic rings. The lowest BCUT2D eigenvalue weighted by Gasteiger charge is -2.49. The van der Waals surface area contributed by atoms with E-state index in [1.165, 1.54) is 16.7 Å². The summed E-state index contributed by atoms with van der Waals surface area (Å²) in [4.78, 5) is 38.8. The Morgan fingerprint density at radius 3 is 2.59 bits per heavy atom. The van der Waals surface area contributed by atoms with Gasteiger partial charge in [0, 0.05) is 5.75 Å². The summed E-state index contributed by atoms with van der Waals surface area (Å²) in [5.41, 5.74) is -0.227. The van der Waals surface area contributed by atoms with E-state index in [1.807, 2.05) is 6.07 Å². The first kappa shape index (κ1) is 21.2. The highest BCUT2D eigenvalue weighted by Crippen LogP contribution is 2.40. The minimum Gasteiger partial charge on any atom is -0.484 e. The molecule has 0 unspecified atom stereocenters. The fourth-order valence-electron chi connectivity index (χ4n) is 3.00. The van der Waals surface area contributed by atoms with Gasteiger partial charge in [0.25, 0.3) is 11.8 Å². The number of aliphatic hydroxyl groups excluding tert-OH is 1. The van der Waals surface area contributed by atoms with Crippen LogP contribution in [0.3, 0.4) is 0 Å². The zero-order valence-corrected chi connectivity index (χ0v) is 17.3. The van der Waals surface area contributed by atoms with Crippen LogP contribution < -0.4 is 10.1 Å². The van der Waals surface area contributed by atoms with Gasteiger partial charge in [0.15, 0.2) is 6.61 Å². The van der Waals surface area contributed by atoms with Crippen LogP contribution in [0.5, 0.6) is 5.75 Å². The van der Waals surface area contributed by atoms with Gasteiger partial charge in [-0.05, 0) is 38.5 Å². The van der Waals surface area contributed by atoms with Gasteiger partial charge in [0.1, 0.15) is 28.5 Å². The number of para-hydroxylation sites is 1. The van der Waals surface area contributed by atoms with Crippen LogP contribution in [0.1, 0.15) is 20.8 Å². The Balaban J connectivity index is 1.65. The van der Waals surface area contributed by atoms with Gasteiger partial charge in [-0.25, -0.2) is 4.79 Å². The van der Waals surface area contributed by atoms with Gasteiger partial charge < -0.3 is 19.9 Å². The lowest BCUT2D eigenvalue weighted by molar-refractivity contribution is -0.159. The van der Waals surface area contributed by atoms with Crippen LogP contribution in [0.25, 0.3) is 0 Å². The average Bonchev–Trinajstić information content (AvgIpc) is 2.68. The molecule has 0 aromatic heterocycles. The summed E-state index contributed by atoms with van der Waals surface area (Å²) < 4.78 is 10.8. The number of hydrogen-bond donors (Lipinski definition) is 2. The quantitative estimate of drug-likeness (QED) is 0.524. The third-order valence-corrected chi connectivity index (χ3v) is 5.60. The Morgan fingerprint density at radius 1 is 1.28 bits per heavy atom. The topological polar surface area (TPSA) is 105 Å². The van der Waals surface area contributed by atoms with Crippen molar-refractivity contribution in [1.29, 1.82) is 0 Å². The SMILES string of the molecule is CC(C)(C)OC(=O)C1=C(CO)CS[C@@H]2[C@@H](NC(=O)COc3ccccc3)C(=O)N12. The van der Waals surface area contributed by atoms with E-state index in [0.717, 1.165) is 0 Å². The minimum absolute atomic E-state index is 0.0715. The van der Waals surface area contributed by atoms with Crippen molar-refractivity contribution >= 4 is 29.5 Å². The molecule has 3 rings (SSSR count). The van der Waals surface area contributed by atoms with E-state index >= 15 is 0 Å². The van der Waals surface area contributed by atoms with E-state index in [0.29, 0.717) is 17.1 Å². The predicted octanol–water partition coefficient (Wildman–Crippen LogP) is 1.05. The highest BCUT2D eigenvalue weighted by molar-refractivity contribution is 8.00. The summed E-state index contributed by atoms with van der Waals surface area (Å²) in [5, 5.41) is 11.8. The summed E-state index contributed by atoms with van der Waals surface area (Å²) in [7, 11) is 0. The number of esters is 1. The highest BCUT2D eigenvalue weighted by Gasteiger charge is 2.54. The number of nitrogens with one attached hydrogen (secondary N) is 1. The van der Waals surface area contributed by atoms with Gasteiger partial charge >= 0.3 is 5.97 Å². The fourth-order valence-corrected chi connectivity index (χ4v) is 4.34. The molecule has 0 aliphatic carbocycles. The highest BCUT2D eigenvalue weighted by atomic mass is 32.2. The molecule has 9 heteroatoms. The van der Waals surface area contributed by atoms with Crippen molar-refractivity contribution in [1.82, 2.24) is 10.2 Å². The molecule has 156 valence electrons. The third kappa shape index (κ3) is 4.73. The molecule has 0 radical (unpaired) electrons. The Labute approximate surface area is 173 Å². The van der Waals surface area contributed by atoms with Crippen LogP contribution in [0, 0.1) is 0 Å². The zero-order chi connectivity index (χ0) is 21.2. The Kier molecular flexibility index (Phi) is 6.18. The van der Waals surface area contributed by atoms with Gasteiger partial charge in [-0.1, -0.05) is 18.2 Å². The monoisotopic (exact) mass is 420 g/mol. The summed E-state index contributed by atoms with van der Waals surface area (Å²) >= 11 is 1.38. The molecule has 29 heavy (non-hydrogen) atoms. The number of carbonyl (C=O) groups excluding carboxylic acids is 3. The number of carbonyl (C=O) groups is 3. The molecule has 1 aromatic carbocycles. The summed E-state index contributed by atoms with van der Waals surface area (Å²) in [6.45, 7) is 4.62. The zero-order valence-electron chi connectivity index (χ0n) is 16.5. The van der Waals surface area contributed by atoms with Crippen LogP contribution >= 0.6 is 11.8 Å². The number of aliphatic hydroxyl groups is 1. The van der Waals surface area contributed by atoms with Crippen molar-refractivity contribution in [2.24, 2.45) is 0 Å². The van der Waals surface area contributed by atoms with Gasteiger partial charge in [-0.3, -0.25) is 14.5 Å². The first-order chi connectivity index (χ1) is 13.7. The first-order valence-electron chi connectivity index (χ1n) is 9.19. The average molecular weight is 420 g/mol. The van der Waals surface area contributed by atoms with E-state index in [2.05, 4.69) is 5.32 Å². The molecule has 2 amide bonds. The maximum atomic E-state index is 12.7. The van der Waals surface area contributed by atoms with E-state index in [9.17, 15) is 19.5 Å². The molecular weight excluding hydrogens is 396 g/mol. The lowest BCUT2D eigenvalue weighted by atomic mass is 10.0. The Morgan fingerprint density at radius 2 is 1.97 bits per heavy atom. The normalized spacial score (nSPS) is 21.2. The molecular formula is C20H24N2O6S. The molecule has 8 nitrogen and oxygen atoms in total. The van der Waals surface area contributed by atoms with Crippen LogP contribution in [0.4, 0.5) is 0 Å². The smallest absolute Gasteiger partial charge is 0.355 e. The Bertz CT molecular complexity index is 833. The lowest BCUT2D eigenvalue weighted by Crippen LogP contribution is -2.71. The van der Waals surface area contributed by atoms with E-state index < -0.39 is 34.8 Å². The number of benzene rings is 1. The van der Waals surface area contributed by atoms with Crippen LogP contribution in [0.15, 0.2) is 41.6 Å². The summed E-state index contributed by atoms with van der Waals surface area (Å²) in [6.07, 6.45) is 0. The number of fused-ring (bicyclic) bond motifs is 1. The molecule has 2 atom stereocenters. The number of nitrogens with zero attached hydrogens (tertiary/aromatic N) is 1. The number of ether oxygens (including phenoxy) is 2. The van der Waals surface area contributed by atoms with E-state index in [4.69, 9.17) is 9.47 Å². The number of hydrogen-bond acceptors (Lipinski definition) is 7. The maximum absolute atomic E-state index is 12.7. The third-order valence-electron chi connectivity index (χ3n) is 4.26. The molecule has 1 fully saturated rings. The van der Waals surface area contributed by atoms with Crippen LogP contribution in [0.2, 0.25) is 0 Å². The molecule has 2 aliphatic heterocycles. The van der Waals surface area contributed by atoms with Gasteiger partial charge in [-0.2, -0.15) is 0 Å². The summed E-state index contributed by atoms with van der Waals surface area (Å²) in [5.74, 6) is -0.575. The van der Waals surface area contributed by atoms with Crippen LogP contribution in [-0.4, -0.2) is 63.8 Å². The molecule has 1 saturated heterocycles. The van der Waals surface area contributed by atoms with Crippen LogP contribution in [-0.2, 0) is 19.1 Å². The van der Waals surface area contributed by atoms with Crippen molar-refractivity contribution in [3.63, 3.8) is 0 Å².